The Morgan fingerprint density at radius 1 is 1.45 bits per heavy atom. The lowest BCUT2D eigenvalue weighted by Gasteiger charge is -2.24. The van der Waals surface area contributed by atoms with Crippen molar-refractivity contribution in [1.29, 1.82) is 0 Å². The summed E-state index contributed by atoms with van der Waals surface area (Å²) in [5, 5.41) is 3.31. The van der Waals surface area contributed by atoms with Gasteiger partial charge in [-0.05, 0) is 40.4 Å². The molecule has 1 aliphatic heterocycles. The number of rotatable bonds is 8. The second kappa shape index (κ2) is 8.60. The van der Waals surface area contributed by atoms with Crippen molar-refractivity contribution in [3.8, 4) is 0 Å². The van der Waals surface area contributed by atoms with Gasteiger partial charge in [-0.25, -0.2) is 0 Å². The molecule has 118 valence electrons. The maximum Gasteiger partial charge on any atom is 0.323 e. The fraction of sp³-hybridized carbons (Fsp3) is 0.933. The van der Waals surface area contributed by atoms with E-state index in [4.69, 9.17) is 4.74 Å². The van der Waals surface area contributed by atoms with Crippen LogP contribution in [0.2, 0.25) is 0 Å². The van der Waals surface area contributed by atoms with Crippen molar-refractivity contribution < 1.29 is 9.53 Å². The van der Waals surface area contributed by atoms with E-state index in [1.807, 2.05) is 6.92 Å². The third kappa shape index (κ3) is 5.77. The summed E-state index contributed by atoms with van der Waals surface area (Å²) >= 11 is 0. The van der Waals surface area contributed by atoms with Crippen molar-refractivity contribution in [2.45, 2.75) is 51.7 Å². The summed E-state index contributed by atoms with van der Waals surface area (Å²) in [6.45, 7) is 9.60. The molecule has 1 heterocycles. The van der Waals surface area contributed by atoms with Gasteiger partial charge in [0.05, 0.1) is 6.61 Å². The Labute approximate surface area is 123 Å². The average molecular weight is 285 g/mol. The van der Waals surface area contributed by atoms with Gasteiger partial charge in [0.1, 0.15) is 6.04 Å². The second-order valence-electron chi connectivity index (χ2n) is 6.12. The first-order chi connectivity index (χ1) is 9.43. The highest BCUT2D eigenvalue weighted by atomic mass is 16.5. The first kappa shape index (κ1) is 17.4. The molecule has 1 aliphatic rings. The normalized spacial score (nSPS) is 21.6. The van der Waals surface area contributed by atoms with E-state index in [0.29, 0.717) is 12.6 Å². The van der Waals surface area contributed by atoms with Gasteiger partial charge in [0.25, 0.3) is 0 Å². The average Bonchev–Trinajstić information content (AvgIpc) is 2.83. The molecule has 1 fully saturated rings. The zero-order valence-electron chi connectivity index (χ0n) is 13.7. The molecule has 1 N–H and O–H groups in total. The summed E-state index contributed by atoms with van der Waals surface area (Å²) < 4.78 is 5.15. The van der Waals surface area contributed by atoms with Crippen LogP contribution in [0.25, 0.3) is 0 Å². The molecular formula is C15H31N3O2. The summed E-state index contributed by atoms with van der Waals surface area (Å²) in [5.41, 5.74) is 0. The van der Waals surface area contributed by atoms with Crippen LogP contribution < -0.4 is 5.32 Å². The predicted octanol–water partition coefficient (Wildman–Crippen LogP) is 0.942. The van der Waals surface area contributed by atoms with Gasteiger partial charge >= 0.3 is 5.97 Å². The highest BCUT2D eigenvalue weighted by Crippen LogP contribution is 2.14. The summed E-state index contributed by atoms with van der Waals surface area (Å²) in [5.74, 6) is -0.121. The Kier molecular flexibility index (Phi) is 7.48. The second-order valence-corrected chi connectivity index (χ2v) is 6.12. The van der Waals surface area contributed by atoms with E-state index in [1.54, 1.807) is 0 Å². The van der Waals surface area contributed by atoms with Crippen molar-refractivity contribution >= 4 is 5.97 Å². The molecule has 2 unspecified atom stereocenters. The molecule has 0 aromatic carbocycles. The highest BCUT2D eigenvalue weighted by molar-refractivity contribution is 5.75. The standard InChI is InChI=1S/C15H31N3O2/c1-6-20-15(19)14(16-12(2)3)8-10-18-9-7-13(11-18)17(4)5/h12-14,16H,6-11H2,1-5H3. The number of hydrogen-bond donors (Lipinski definition) is 1. The van der Waals surface area contributed by atoms with Crippen LogP contribution in [0.4, 0.5) is 0 Å². The van der Waals surface area contributed by atoms with Gasteiger partial charge in [-0.2, -0.15) is 0 Å². The molecule has 0 amide bonds. The van der Waals surface area contributed by atoms with Gasteiger partial charge in [-0.1, -0.05) is 13.8 Å². The van der Waals surface area contributed by atoms with Crippen molar-refractivity contribution in [2.24, 2.45) is 0 Å². The number of nitrogens with one attached hydrogen (secondary N) is 1. The molecular weight excluding hydrogens is 254 g/mol. The van der Waals surface area contributed by atoms with Crippen LogP contribution in [0.5, 0.6) is 0 Å². The SMILES string of the molecule is CCOC(=O)C(CCN1CCC(N(C)C)C1)NC(C)C. The number of likely N-dealkylation sites (tertiary alicyclic amines) is 1. The van der Waals surface area contributed by atoms with Gasteiger partial charge < -0.3 is 19.9 Å². The maximum atomic E-state index is 11.9. The smallest absolute Gasteiger partial charge is 0.323 e. The third-order valence-electron chi connectivity index (χ3n) is 3.82. The lowest BCUT2D eigenvalue weighted by atomic mass is 10.1. The molecule has 0 aromatic heterocycles. The Hall–Kier alpha value is -0.650. The van der Waals surface area contributed by atoms with E-state index in [9.17, 15) is 4.79 Å². The number of esters is 1. The molecule has 20 heavy (non-hydrogen) atoms. The van der Waals surface area contributed by atoms with Crippen LogP contribution in [0, 0.1) is 0 Å². The summed E-state index contributed by atoms with van der Waals surface area (Å²) in [7, 11) is 4.27. The van der Waals surface area contributed by atoms with Crippen LogP contribution >= 0.6 is 0 Å². The van der Waals surface area contributed by atoms with Crippen molar-refractivity contribution in [3.63, 3.8) is 0 Å². The molecule has 1 saturated heterocycles. The molecule has 0 bridgehead atoms. The van der Waals surface area contributed by atoms with Crippen LogP contribution in [-0.4, -0.2) is 74.2 Å². The van der Waals surface area contributed by atoms with Crippen LogP contribution in [-0.2, 0) is 9.53 Å². The van der Waals surface area contributed by atoms with E-state index in [-0.39, 0.29) is 18.1 Å². The fourth-order valence-corrected chi connectivity index (χ4v) is 2.66. The third-order valence-corrected chi connectivity index (χ3v) is 3.82. The highest BCUT2D eigenvalue weighted by Gasteiger charge is 2.26. The Balaban J connectivity index is 2.40. The van der Waals surface area contributed by atoms with E-state index >= 15 is 0 Å². The minimum Gasteiger partial charge on any atom is -0.465 e. The van der Waals surface area contributed by atoms with Gasteiger partial charge in [0, 0.05) is 25.2 Å². The molecule has 1 rings (SSSR count). The first-order valence-corrected chi connectivity index (χ1v) is 7.75. The van der Waals surface area contributed by atoms with Gasteiger partial charge in [-0.15, -0.1) is 0 Å². The lowest BCUT2D eigenvalue weighted by molar-refractivity contribution is -0.146. The molecule has 0 aliphatic carbocycles. The van der Waals surface area contributed by atoms with Crippen LogP contribution in [0.15, 0.2) is 0 Å². The molecule has 2 atom stereocenters. The molecule has 0 spiro atoms. The topological polar surface area (TPSA) is 44.8 Å². The number of likely N-dealkylation sites (N-methyl/N-ethyl adjacent to an activating group) is 1. The zero-order valence-corrected chi connectivity index (χ0v) is 13.7. The Bertz CT molecular complexity index is 295. The number of nitrogens with zero attached hydrogens (tertiary/aromatic N) is 2. The summed E-state index contributed by atoms with van der Waals surface area (Å²) in [4.78, 5) is 16.7. The van der Waals surface area contributed by atoms with Gasteiger partial charge in [0.2, 0.25) is 0 Å². The van der Waals surface area contributed by atoms with Crippen LogP contribution in [0.3, 0.4) is 0 Å². The van der Waals surface area contributed by atoms with Gasteiger partial charge in [0.15, 0.2) is 0 Å². The van der Waals surface area contributed by atoms with E-state index in [0.717, 1.165) is 26.1 Å². The van der Waals surface area contributed by atoms with Crippen LogP contribution in [0.1, 0.15) is 33.6 Å². The number of carbonyl (C=O) groups excluding carboxylic acids is 1. The Morgan fingerprint density at radius 2 is 2.15 bits per heavy atom. The van der Waals surface area contributed by atoms with Crippen molar-refractivity contribution in [3.05, 3.63) is 0 Å². The lowest BCUT2D eigenvalue weighted by Crippen LogP contribution is -2.44. The molecule has 5 nitrogen and oxygen atoms in total. The predicted molar refractivity (Wildman–Crippen MR) is 81.8 cm³/mol. The number of carbonyl (C=O) groups is 1. The fourth-order valence-electron chi connectivity index (χ4n) is 2.66. The van der Waals surface area contributed by atoms with Gasteiger partial charge in [-0.3, -0.25) is 4.79 Å². The Morgan fingerprint density at radius 3 is 2.65 bits per heavy atom. The molecule has 0 radical (unpaired) electrons. The summed E-state index contributed by atoms with van der Waals surface area (Å²) in [6, 6.07) is 0.750. The number of ether oxygens (including phenoxy) is 1. The first-order valence-electron chi connectivity index (χ1n) is 7.75. The van der Waals surface area contributed by atoms with E-state index < -0.39 is 0 Å². The minimum atomic E-state index is -0.187. The monoisotopic (exact) mass is 285 g/mol. The number of hydrogen-bond acceptors (Lipinski definition) is 5. The summed E-state index contributed by atoms with van der Waals surface area (Å²) in [6.07, 6.45) is 2.03. The molecule has 0 saturated carbocycles. The molecule has 0 aromatic rings. The maximum absolute atomic E-state index is 11.9. The van der Waals surface area contributed by atoms with E-state index in [2.05, 4.69) is 43.1 Å². The van der Waals surface area contributed by atoms with Crippen molar-refractivity contribution in [1.82, 2.24) is 15.1 Å². The minimum absolute atomic E-state index is 0.121. The van der Waals surface area contributed by atoms with Crippen molar-refractivity contribution in [2.75, 3.05) is 40.3 Å². The largest absolute Gasteiger partial charge is 0.465 e. The molecule has 5 heteroatoms. The quantitative estimate of drug-likeness (QED) is 0.673. The zero-order chi connectivity index (χ0) is 15.1. The van der Waals surface area contributed by atoms with E-state index in [1.165, 1.54) is 6.42 Å².